The van der Waals surface area contributed by atoms with Crippen LogP contribution in [-0.2, 0) is 0 Å². The summed E-state index contributed by atoms with van der Waals surface area (Å²) in [7, 11) is -2.89. The van der Waals surface area contributed by atoms with Crippen molar-refractivity contribution >= 4 is 56.3 Å². The molecule has 2 nitrogen and oxygen atoms in total. The highest BCUT2D eigenvalue weighted by Gasteiger charge is 2.43. The first kappa shape index (κ1) is 27.6. The molecule has 0 aliphatic carbocycles. The van der Waals surface area contributed by atoms with Crippen LogP contribution in [0.4, 0.5) is 5.69 Å². The Labute approximate surface area is 270 Å². The summed E-state index contributed by atoms with van der Waals surface area (Å²) in [6.07, 6.45) is 0. The van der Waals surface area contributed by atoms with Crippen LogP contribution in [0.25, 0.3) is 43.5 Å². The Bertz CT molecular complexity index is 2220. The first-order chi connectivity index (χ1) is 22.8. The molecule has 0 aliphatic heterocycles. The van der Waals surface area contributed by atoms with E-state index in [1.807, 2.05) is 0 Å². The fourth-order valence-corrected chi connectivity index (χ4v) is 12.1. The van der Waals surface area contributed by atoms with Gasteiger partial charge in [0.05, 0.1) is 17.6 Å². The lowest BCUT2D eigenvalue weighted by Crippen LogP contribution is -2.74. The van der Waals surface area contributed by atoms with Crippen molar-refractivity contribution in [2.24, 2.45) is 0 Å². The summed E-state index contributed by atoms with van der Waals surface area (Å²) in [5.41, 5.74) is 6.12. The summed E-state index contributed by atoms with van der Waals surface area (Å²) in [5.74, 6) is 0. The molecule has 8 aromatic rings. The lowest BCUT2D eigenvalue weighted by molar-refractivity contribution is 1.18. The van der Waals surface area contributed by atoms with Crippen molar-refractivity contribution < 1.29 is 0 Å². The van der Waals surface area contributed by atoms with Crippen LogP contribution in [0, 0.1) is 6.57 Å². The zero-order valence-corrected chi connectivity index (χ0v) is 26.2. The van der Waals surface area contributed by atoms with Crippen LogP contribution in [-0.4, -0.2) is 12.6 Å². The second-order valence-corrected chi connectivity index (χ2v) is 15.4. The molecule has 216 valence electrons. The van der Waals surface area contributed by atoms with Crippen molar-refractivity contribution in [3.8, 4) is 16.8 Å². The predicted molar refractivity (Wildman–Crippen MR) is 196 cm³/mol. The quantitative estimate of drug-likeness (QED) is 0.103. The Balaban J connectivity index is 1.40. The Morgan fingerprint density at radius 1 is 0.457 bits per heavy atom. The third kappa shape index (κ3) is 4.31. The highest BCUT2D eigenvalue weighted by Crippen LogP contribution is 2.35. The van der Waals surface area contributed by atoms with Crippen LogP contribution in [0.2, 0.25) is 0 Å². The molecule has 0 aliphatic rings. The van der Waals surface area contributed by atoms with Gasteiger partial charge >= 0.3 is 0 Å². The maximum atomic E-state index is 8.69. The molecule has 0 spiro atoms. The number of fused-ring (bicyclic) bond motifs is 3. The number of nitrogens with zero attached hydrogens (tertiary/aromatic N) is 2. The number of aromatic nitrogens is 1. The van der Waals surface area contributed by atoms with Crippen LogP contribution in [0.3, 0.4) is 0 Å². The molecule has 7 aromatic carbocycles. The zero-order valence-electron chi connectivity index (χ0n) is 25.2. The van der Waals surface area contributed by atoms with Crippen molar-refractivity contribution in [2.45, 2.75) is 0 Å². The number of benzene rings is 7. The van der Waals surface area contributed by atoms with Gasteiger partial charge in [-0.2, -0.15) is 0 Å². The molecule has 1 aromatic heterocycles. The van der Waals surface area contributed by atoms with Gasteiger partial charge in [-0.1, -0.05) is 158 Å². The van der Waals surface area contributed by atoms with Crippen molar-refractivity contribution in [3.63, 3.8) is 0 Å². The van der Waals surface area contributed by atoms with E-state index in [1.54, 1.807) is 0 Å². The van der Waals surface area contributed by atoms with Gasteiger partial charge in [0.1, 0.15) is 0 Å². The van der Waals surface area contributed by atoms with Crippen LogP contribution in [0.15, 0.2) is 182 Å². The predicted octanol–water partition coefficient (Wildman–Crippen LogP) is 8.38. The molecule has 0 atom stereocenters. The maximum Gasteiger partial charge on any atom is 0.195 e. The molecule has 8 rings (SSSR count). The average Bonchev–Trinajstić information content (AvgIpc) is 3.48. The molecule has 0 saturated heterocycles. The summed E-state index contributed by atoms with van der Waals surface area (Å²) in [5, 5.41) is 7.34. The van der Waals surface area contributed by atoms with E-state index < -0.39 is 8.07 Å². The van der Waals surface area contributed by atoms with Crippen molar-refractivity contribution in [1.82, 2.24) is 4.57 Å². The minimum Gasteiger partial charge on any atom is -0.309 e. The van der Waals surface area contributed by atoms with Crippen LogP contribution < -0.4 is 20.7 Å². The van der Waals surface area contributed by atoms with Gasteiger partial charge in [0.15, 0.2) is 13.8 Å². The van der Waals surface area contributed by atoms with Gasteiger partial charge in [-0.05, 0) is 56.1 Å². The van der Waals surface area contributed by atoms with Crippen molar-refractivity contribution in [1.29, 1.82) is 0 Å². The van der Waals surface area contributed by atoms with Gasteiger partial charge in [-0.25, -0.2) is 4.85 Å². The number of hydrogen-bond donors (Lipinski definition) is 0. The van der Waals surface area contributed by atoms with E-state index in [4.69, 9.17) is 6.57 Å². The first-order valence-corrected chi connectivity index (χ1v) is 17.6. The van der Waals surface area contributed by atoms with E-state index in [2.05, 4.69) is 191 Å². The minimum absolute atomic E-state index is 0.713. The molecule has 3 heteroatoms. The molecule has 0 saturated carbocycles. The van der Waals surface area contributed by atoms with Crippen LogP contribution in [0.5, 0.6) is 0 Å². The molecule has 1 heterocycles. The molecular weight excluding hydrogens is 573 g/mol. The van der Waals surface area contributed by atoms with Gasteiger partial charge in [0.25, 0.3) is 0 Å². The monoisotopic (exact) mass is 602 g/mol. The SMILES string of the molecule is [C-]#[N+]c1c(-c2cccc(-n3c4ccccc4c4ccccc43)c2)cccc1[Si](c1ccccc1)(c1ccccc1)c1ccccc1. The lowest BCUT2D eigenvalue weighted by Gasteiger charge is -2.35. The van der Waals surface area contributed by atoms with Crippen LogP contribution in [0.1, 0.15) is 0 Å². The molecule has 0 fully saturated rings. The van der Waals surface area contributed by atoms with Gasteiger partial charge in [-0.3, -0.25) is 0 Å². The van der Waals surface area contributed by atoms with E-state index in [1.165, 1.54) is 37.4 Å². The standard InChI is InChI=1S/C43H30N2Si/c1-44-43-37(32-17-15-18-33(31-32)45-40-28-13-11-25-38(40)39-26-12-14-29-41(39)45)27-16-30-42(43)46(34-19-5-2-6-20-34,35-21-7-3-8-22-35)36-23-9-4-10-24-36/h2-31H. The fraction of sp³-hybridized carbons (Fsp3) is 0. The summed E-state index contributed by atoms with van der Waals surface area (Å²) < 4.78 is 2.34. The van der Waals surface area contributed by atoms with Gasteiger partial charge in [-0.15, -0.1) is 0 Å². The largest absolute Gasteiger partial charge is 0.309 e. The van der Waals surface area contributed by atoms with E-state index in [9.17, 15) is 0 Å². The third-order valence-electron chi connectivity index (χ3n) is 9.17. The summed E-state index contributed by atoms with van der Waals surface area (Å²) >= 11 is 0. The number of para-hydroxylation sites is 3. The second kappa shape index (κ2) is 11.5. The number of rotatable bonds is 6. The highest BCUT2D eigenvalue weighted by atomic mass is 28.3. The molecule has 0 N–H and O–H groups in total. The van der Waals surface area contributed by atoms with Crippen molar-refractivity contribution in [2.75, 3.05) is 0 Å². The smallest absolute Gasteiger partial charge is 0.195 e. The normalized spacial score (nSPS) is 11.5. The molecular formula is C43H30N2Si. The Morgan fingerprint density at radius 3 is 1.46 bits per heavy atom. The maximum absolute atomic E-state index is 8.69. The van der Waals surface area contributed by atoms with Gasteiger partial charge in [0.2, 0.25) is 0 Å². The summed E-state index contributed by atoms with van der Waals surface area (Å²) in [6, 6.07) is 64.7. The second-order valence-electron chi connectivity index (χ2n) is 11.6. The molecule has 46 heavy (non-hydrogen) atoms. The first-order valence-electron chi connectivity index (χ1n) is 15.6. The third-order valence-corrected chi connectivity index (χ3v) is 14.0. The minimum atomic E-state index is -2.89. The van der Waals surface area contributed by atoms with E-state index in [0.29, 0.717) is 5.69 Å². The molecule has 0 bridgehead atoms. The van der Waals surface area contributed by atoms with Gasteiger partial charge in [0, 0.05) is 16.5 Å². The summed E-state index contributed by atoms with van der Waals surface area (Å²) in [6.45, 7) is 8.69. The molecule has 0 unspecified atom stereocenters. The molecule has 0 amide bonds. The van der Waals surface area contributed by atoms with E-state index >= 15 is 0 Å². The lowest BCUT2D eigenvalue weighted by atomic mass is 10.0. The van der Waals surface area contributed by atoms with Gasteiger partial charge < -0.3 is 4.57 Å². The highest BCUT2D eigenvalue weighted by molar-refractivity contribution is 7.20. The Hall–Kier alpha value is -5.95. The number of hydrogen-bond acceptors (Lipinski definition) is 0. The van der Waals surface area contributed by atoms with Crippen LogP contribution >= 0.6 is 0 Å². The Morgan fingerprint density at radius 2 is 0.935 bits per heavy atom. The zero-order chi connectivity index (χ0) is 30.9. The molecule has 0 radical (unpaired) electrons. The van der Waals surface area contributed by atoms with Crippen molar-refractivity contribution in [3.05, 3.63) is 193 Å². The topological polar surface area (TPSA) is 9.29 Å². The van der Waals surface area contributed by atoms with E-state index in [0.717, 1.165) is 22.0 Å². The van der Waals surface area contributed by atoms with E-state index in [-0.39, 0.29) is 0 Å². The summed E-state index contributed by atoms with van der Waals surface area (Å²) in [4.78, 5) is 4.36. The Kier molecular flexibility index (Phi) is 6.91. The fourth-order valence-electron chi connectivity index (χ4n) is 7.24. The average molecular weight is 603 g/mol.